The van der Waals surface area contributed by atoms with Crippen molar-refractivity contribution in [1.82, 2.24) is 14.2 Å². The van der Waals surface area contributed by atoms with Gasteiger partial charge in [-0.25, -0.2) is 13.4 Å². The summed E-state index contributed by atoms with van der Waals surface area (Å²) in [6, 6.07) is 1.43. The summed E-state index contributed by atoms with van der Waals surface area (Å²) in [6.45, 7) is 3.33. The standard InChI is InChI=1S/C13H21ClN4O2S/c1-15-13-12(14)9-11(10-16-13)21(19,20)17(2)7-8-18-5-3-4-6-18/h9-10H,3-8H2,1-2H3,(H,15,16). The first kappa shape index (κ1) is 16.5. The van der Waals surface area contributed by atoms with Gasteiger partial charge in [-0.3, -0.25) is 0 Å². The van der Waals surface area contributed by atoms with E-state index < -0.39 is 10.0 Å². The number of aromatic nitrogens is 1. The Labute approximate surface area is 131 Å². The maximum absolute atomic E-state index is 12.5. The Balaban J connectivity index is 2.07. The number of halogens is 1. The number of likely N-dealkylation sites (tertiary alicyclic amines) is 1. The van der Waals surface area contributed by atoms with Crippen molar-refractivity contribution in [3.05, 3.63) is 17.3 Å². The number of likely N-dealkylation sites (N-methyl/N-ethyl adjacent to an activating group) is 1. The number of hydrogen-bond donors (Lipinski definition) is 1. The number of pyridine rings is 1. The van der Waals surface area contributed by atoms with Crippen LogP contribution in [-0.2, 0) is 10.0 Å². The van der Waals surface area contributed by atoms with Crippen molar-refractivity contribution in [1.29, 1.82) is 0 Å². The van der Waals surface area contributed by atoms with Crippen LogP contribution in [0.15, 0.2) is 17.2 Å². The second kappa shape index (κ2) is 6.91. The summed E-state index contributed by atoms with van der Waals surface area (Å²) in [4.78, 5) is 6.42. The van der Waals surface area contributed by atoms with E-state index in [1.807, 2.05) is 0 Å². The Morgan fingerprint density at radius 2 is 2.10 bits per heavy atom. The quantitative estimate of drug-likeness (QED) is 0.855. The monoisotopic (exact) mass is 332 g/mol. The SMILES string of the molecule is CNc1ncc(S(=O)(=O)N(C)CCN2CCCC2)cc1Cl. The summed E-state index contributed by atoms with van der Waals surface area (Å²) >= 11 is 6.00. The van der Waals surface area contributed by atoms with Crippen LogP contribution in [0, 0.1) is 0 Å². The molecular formula is C13H21ClN4O2S. The van der Waals surface area contributed by atoms with Gasteiger partial charge in [0.1, 0.15) is 10.7 Å². The molecule has 8 heteroatoms. The minimum atomic E-state index is -3.55. The molecule has 1 aromatic rings. The van der Waals surface area contributed by atoms with Gasteiger partial charge >= 0.3 is 0 Å². The van der Waals surface area contributed by atoms with Crippen molar-refractivity contribution in [2.75, 3.05) is 45.6 Å². The van der Waals surface area contributed by atoms with Gasteiger partial charge in [0.05, 0.1) is 5.02 Å². The highest BCUT2D eigenvalue weighted by Gasteiger charge is 2.23. The Bertz CT molecular complexity index is 588. The first-order chi connectivity index (χ1) is 9.95. The molecule has 1 N–H and O–H groups in total. The van der Waals surface area contributed by atoms with E-state index in [0.717, 1.165) is 19.6 Å². The molecule has 0 bridgehead atoms. The summed E-state index contributed by atoms with van der Waals surface area (Å²) in [7, 11) is -0.273. The number of anilines is 1. The number of nitrogens with zero attached hydrogens (tertiary/aromatic N) is 3. The van der Waals surface area contributed by atoms with Crippen LogP contribution < -0.4 is 5.32 Å². The summed E-state index contributed by atoms with van der Waals surface area (Å²) in [5.74, 6) is 0.468. The molecule has 0 radical (unpaired) electrons. The molecule has 118 valence electrons. The minimum Gasteiger partial charge on any atom is -0.372 e. The Kier molecular flexibility index (Phi) is 5.43. The number of nitrogens with one attached hydrogen (secondary N) is 1. The van der Waals surface area contributed by atoms with E-state index in [0.29, 0.717) is 17.4 Å². The smallest absolute Gasteiger partial charge is 0.244 e. The van der Waals surface area contributed by atoms with Crippen molar-refractivity contribution >= 4 is 27.4 Å². The van der Waals surface area contributed by atoms with Crippen LogP contribution in [0.25, 0.3) is 0 Å². The normalized spacial score (nSPS) is 16.6. The maximum Gasteiger partial charge on any atom is 0.244 e. The van der Waals surface area contributed by atoms with E-state index in [9.17, 15) is 8.42 Å². The minimum absolute atomic E-state index is 0.121. The first-order valence-corrected chi connectivity index (χ1v) is 8.79. The highest BCUT2D eigenvalue weighted by molar-refractivity contribution is 7.89. The van der Waals surface area contributed by atoms with E-state index in [4.69, 9.17) is 11.6 Å². The molecule has 1 aliphatic heterocycles. The largest absolute Gasteiger partial charge is 0.372 e. The van der Waals surface area contributed by atoms with Crippen LogP contribution in [0.1, 0.15) is 12.8 Å². The lowest BCUT2D eigenvalue weighted by Gasteiger charge is -2.21. The van der Waals surface area contributed by atoms with E-state index in [1.54, 1.807) is 14.1 Å². The number of hydrogen-bond acceptors (Lipinski definition) is 5. The molecule has 0 saturated carbocycles. The molecule has 1 aromatic heterocycles. The van der Waals surface area contributed by atoms with Crippen molar-refractivity contribution in [3.8, 4) is 0 Å². The van der Waals surface area contributed by atoms with Crippen LogP contribution in [0.3, 0.4) is 0 Å². The van der Waals surface area contributed by atoms with Crippen LogP contribution in [-0.4, -0.2) is 62.9 Å². The van der Waals surface area contributed by atoms with Crippen molar-refractivity contribution in [2.45, 2.75) is 17.7 Å². The summed E-state index contributed by atoms with van der Waals surface area (Å²) in [6.07, 6.45) is 3.72. The average molecular weight is 333 g/mol. The van der Waals surface area contributed by atoms with Crippen LogP contribution in [0.5, 0.6) is 0 Å². The van der Waals surface area contributed by atoms with Crippen molar-refractivity contribution in [2.24, 2.45) is 0 Å². The Morgan fingerprint density at radius 3 is 2.67 bits per heavy atom. The molecular weight excluding hydrogens is 312 g/mol. The molecule has 2 rings (SSSR count). The topological polar surface area (TPSA) is 65.5 Å². The first-order valence-electron chi connectivity index (χ1n) is 6.97. The fourth-order valence-corrected chi connectivity index (χ4v) is 3.79. The molecule has 1 aliphatic rings. The molecule has 0 amide bonds. The Hall–Kier alpha value is -0.890. The molecule has 0 aliphatic carbocycles. The fourth-order valence-electron chi connectivity index (χ4n) is 2.33. The van der Waals surface area contributed by atoms with Gasteiger partial charge in [0.25, 0.3) is 0 Å². The molecule has 2 heterocycles. The van der Waals surface area contributed by atoms with Crippen LogP contribution in [0.2, 0.25) is 5.02 Å². The van der Waals surface area contributed by atoms with Gasteiger partial charge in [0.2, 0.25) is 10.0 Å². The molecule has 0 aromatic carbocycles. The predicted octanol–water partition coefficient (Wildman–Crippen LogP) is 1.49. The van der Waals surface area contributed by atoms with Gasteiger partial charge in [-0.2, -0.15) is 4.31 Å². The van der Waals surface area contributed by atoms with Gasteiger partial charge in [0, 0.05) is 33.4 Å². The predicted molar refractivity (Wildman–Crippen MR) is 84.3 cm³/mol. The highest BCUT2D eigenvalue weighted by Crippen LogP contribution is 2.23. The lowest BCUT2D eigenvalue weighted by molar-refractivity contribution is 0.310. The van der Waals surface area contributed by atoms with Crippen LogP contribution >= 0.6 is 11.6 Å². The zero-order valence-electron chi connectivity index (χ0n) is 12.3. The molecule has 0 unspecified atom stereocenters. The lowest BCUT2D eigenvalue weighted by atomic mass is 10.4. The lowest BCUT2D eigenvalue weighted by Crippen LogP contribution is -2.35. The van der Waals surface area contributed by atoms with Gasteiger partial charge in [0.15, 0.2) is 0 Å². The second-order valence-corrected chi connectivity index (χ2v) is 7.58. The van der Waals surface area contributed by atoms with E-state index >= 15 is 0 Å². The summed E-state index contributed by atoms with van der Waals surface area (Å²) in [5, 5.41) is 3.10. The summed E-state index contributed by atoms with van der Waals surface area (Å²) in [5.41, 5.74) is 0. The van der Waals surface area contributed by atoms with Crippen molar-refractivity contribution in [3.63, 3.8) is 0 Å². The third-order valence-electron chi connectivity index (χ3n) is 3.69. The summed E-state index contributed by atoms with van der Waals surface area (Å²) < 4.78 is 26.3. The maximum atomic E-state index is 12.5. The molecule has 0 atom stereocenters. The van der Waals surface area contributed by atoms with Crippen molar-refractivity contribution < 1.29 is 8.42 Å². The zero-order chi connectivity index (χ0) is 15.5. The fraction of sp³-hybridized carbons (Fsp3) is 0.615. The van der Waals surface area contributed by atoms with Gasteiger partial charge in [-0.05, 0) is 32.0 Å². The molecule has 0 spiro atoms. The third kappa shape index (κ3) is 3.85. The van der Waals surface area contributed by atoms with Crippen LogP contribution in [0.4, 0.5) is 5.82 Å². The highest BCUT2D eigenvalue weighted by atomic mass is 35.5. The van der Waals surface area contributed by atoms with E-state index in [1.165, 1.54) is 29.4 Å². The molecule has 1 fully saturated rings. The van der Waals surface area contributed by atoms with E-state index in [-0.39, 0.29) is 4.90 Å². The number of sulfonamides is 1. The Morgan fingerprint density at radius 1 is 1.43 bits per heavy atom. The average Bonchev–Trinajstić information content (AvgIpc) is 2.97. The zero-order valence-corrected chi connectivity index (χ0v) is 13.9. The second-order valence-electron chi connectivity index (χ2n) is 5.13. The van der Waals surface area contributed by atoms with Gasteiger partial charge in [-0.15, -0.1) is 0 Å². The number of rotatable bonds is 6. The molecule has 1 saturated heterocycles. The van der Waals surface area contributed by atoms with E-state index in [2.05, 4.69) is 15.2 Å². The van der Waals surface area contributed by atoms with Gasteiger partial charge < -0.3 is 10.2 Å². The molecule has 21 heavy (non-hydrogen) atoms. The third-order valence-corrected chi connectivity index (χ3v) is 5.80. The van der Waals surface area contributed by atoms with Gasteiger partial charge in [-0.1, -0.05) is 11.6 Å². The molecule has 6 nitrogen and oxygen atoms in total.